The Bertz CT molecular complexity index is 321. The van der Waals surface area contributed by atoms with Crippen LogP contribution in [0, 0.1) is 17.8 Å². The van der Waals surface area contributed by atoms with Gasteiger partial charge in [0.2, 0.25) is 5.91 Å². The molecule has 3 aliphatic rings. The minimum atomic E-state index is -0.207. The Morgan fingerprint density at radius 1 is 1.22 bits per heavy atom. The van der Waals surface area contributed by atoms with E-state index in [0.717, 1.165) is 31.7 Å². The van der Waals surface area contributed by atoms with Gasteiger partial charge < -0.3 is 15.7 Å². The van der Waals surface area contributed by atoms with Gasteiger partial charge in [0.05, 0.1) is 12.1 Å². The zero-order valence-corrected chi connectivity index (χ0v) is 10.9. The Kier molecular flexibility index (Phi) is 3.57. The maximum absolute atomic E-state index is 12.2. The highest BCUT2D eigenvalue weighted by Crippen LogP contribution is 2.37. The van der Waals surface area contributed by atoms with Crippen LogP contribution in [0.4, 0.5) is 0 Å². The second kappa shape index (κ2) is 5.17. The summed E-state index contributed by atoms with van der Waals surface area (Å²) >= 11 is 0. The Hall–Kier alpha value is -0.610. The van der Waals surface area contributed by atoms with E-state index in [1.165, 1.54) is 19.3 Å². The molecule has 0 spiro atoms. The molecule has 102 valence electrons. The molecule has 4 nitrogen and oxygen atoms in total. The number of fused-ring (bicyclic) bond motifs is 1. The molecular weight excluding hydrogens is 228 g/mol. The molecule has 5 atom stereocenters. The fourth-order valence-corrected chi connectivity index (χ4v) is 4.07. The summed E-state index contributed by atoms with van der Waals surface area (Å²) in [5.74, 6) is 1.70. The SMILES string of the molecule is O=C(NCC1CCCC1O)C1NCC2CCCC21. The molecule has 1 aliphatic heterocycles. The minimum Gasteiger partial charge on any atom is -0.393 e. The molecule has 1 heterocycles. The first-order chi connectivity index (χ1) is 8.75. The van der Waals surface area contributed by atoms with Crippen LogP contribution in [0.25, 0.3) is 0 Å². The minimum absolute atomic E-state index is 0.0241. The summed E-state index contributed by atoms with van der Waals surface area (Å²) in [6.45, 7) is 1.66. The first-order valence-electron chi connectivity index (χ1n) is 7.45. The first-order valence-corrected chi connectivity index (χ1v) is 7.45. The van der Waals surface area contributed by atoms with Crippen LogP contribution >= 0.6 is 0 Å². The molecule has 1 amide bonds. The maximum Gasteiger partial charge on any atom is 0.237 e. The Labute approximate surface area is 109 Å². The standard InChI is InChI=1S/C14H24N2O2/c17-12-6-2-4-10(12)8-16-14(18)13-11-5-1-3-9(11)7-15-13/h9-13,15,17H,1-8H2,(H,16,18). The molecule has 3 fully saturated rings. The lowest BCUT2D eigenvalue weighted by Crippen LogP contribution is -2.45. The highest BCUT2D eigenvalue weighted by Gasteiger charge is 2.42. The molecular formula is C14H24N2O2. The number of hydrogen-bond acceptors (Lipinski definition) is 3. The van der Waals surface area contributed by atoms with Gasteiger partial charge in [0.1, 0.15) is 0 Å². The fourth-order valence-electron chi connectivity index (χ4n) is 4.07. The lowest BCUT2D eigenvalue weighted by molar-refractivity contribution is -0.124. The summed E-state index contributed by atoms with van der Waals surface area (Å²) in [5, 5.41) is 16.2. The average molecular weight is 252 g/mol. The van der Waals surface area contributed by atoms with E-state index < -0.39 is 0 Å². The lowest BCUT2D eigenvalue weighted by Gasteiger charge is -2.20. The van der Waals surface area contributed by atoms with Gasteiger partial charge in [-0.2, -0.15) is 0 Å². The summed E-state index contributed by atoms with van der Waals surface area (Å²) in [4.78, 5) is 12.2. The van der Waals surface area contributed by atoms with Gasteiger partial charge in [-0.3, -0.25) is 4.79 Å². The summed E-state index contributed by atoms with van der Waals surface area (Å²) in [6.07, 6.45) is 6.58. The molecule has 0 radical (unpaired) electrons. The van der Waals surface area contributed by atoms with Crippen molar-refractivity contribution in [1.29, 1.82) is 0 Å². The zero-order valence-electron chi connectivity index (χ0n) is 10.9. The summed E-state index contributed by atoms with van der Waals surface area (Å²) in [6, 6.07) is 0.0241. The second-order valence-corrected chi connectivity index (χ2v) is 6.24. The molecule has 5 unspecified atom stereocenters. The second-order valence-electron chi connectivity index (χ2n) is 6.24. The number of aliphatic hydroxyl groups is 1. The van der Waals surface area contributed by atoms with Gasteiger partial charge in [0.15, 0.2) is 0 Å². The van der Waals surface area contributed by atoms with Crippen molar-refractivity contribution in [2.45, 2.75) is 50.7 Å². The van der Waals surface area contributed by atoms with Crippen LogP contribution in [-0.2, 0) is 4.79 Å². The topological polar surface area (TPSA) is 61.4 Å². The number of rotatable bonds is 3. The largest absolute Gasteiger partial charge is 0.393 e. The van der Waals surface area contributed by atoms with Gasteiger partial charge in [-0.05, 0) is 44.1 Å². The third-order valence-corrected chi connectivity index (χ3v) is 5.19. The normalized spacial score (nSPS) is 43.1. The van der Waals surface area contributed by atoms with Crippen LogP contribution in [0.5, 0.6) is 0 Å². The van der Waals surface area contributed by atoms with E-state index in [9.17, 15) is 9.90 Å². The van der Waals surface area contributed by atoms with Crippen molar-refractivity contribution in [3.63, 3.8) is 0 Å². The Morgan fingerprint density at radius 2 is 2.06 bits per heavy atom. The van der Waals surface area contributed by atoms with Gasteiger partial charge in [-0.25, -0.2) is 0 Å². The quantitative estimate of drug-likeness (QED) is 0.691. The van der Waals surface area contributed by atoms with E-state index in [1.54, 1.807) is 0 Å². The first kappa shape index (κ1) is 12.4. The summed E-state index contributed by atoms with van der Waals surface area (Å²) in [5.41, 5.74) is 0. The van der Waals surface area contributed by atoms with E-state index in [1.807, 2.05) is 0 Å². The van der Waals surface area contributed by atoms with Crippen molar-refractivity contribution in [2.24, 2.45) is 17.8 Å². The van der Waals surface area contributed by atoms with Crippen molar-refractivity contribution in [2.75, 3.05) is 13.1 Å². The van der Waals surface area contributed by atoms with Gasteiger partial charge in [0.25, 0.3) is 0 Å². The number of carbonyl (C=O) groups excluding carboxylic acids is 1. The zero-order chi connectivity index (χ0) is 12.5. The fraction of sp³-hybridized carbons (Fsp3) is 0.929. The van der Waals surface area contributed by atoms with Crippen LogP contribution in [0.15, 0.2) is 0 Å². The third-order valence-electron chi connectivity index (χ3n) is 5.19. The monoisotopic (exact) mass is 252 g/mol. The predicted octanol–water partition coefficient (Wildman–Crippen LogP) is 0.652. The highest BCUT2D eigenvalue weighted by molar-refractivity contribution is 5.82. The Morgan fingerprint density at radius 3 is 2.83 bits per heavy atom. The molecule has 0 aromatic rings. The maximum atomic E-state index is 12.2. The Balaban J connectivity index is 1.49. The van der Waals surface area contributed by atoms with Crippen LogP contribution in [0.1, 0.15) is 38.5 Å². The molecule has 3 rings (SSSR count). The third kappa shape index (κ3) is 2.28. The molecule has 1 saturated heterocycles. The van der Waals surface area contributed by atoms with E-state index in [2.05, 4.69) is 10.6 Å². The van der Waals surface area contributed by atoms with Crippen molar-refractivity contribution in [3.8, 4) is 0 Å². The van der Waals surface area contributed by atoms with Crippen LogP contribution in [0.2, 0.25) is 0 Å². The van der Waals surface area contributed by atoms with Gasteiger partial charge in [-0.15, -0.1) is 0 Å². The van der Waals surface area contributed by atoms with E-state index in [-0.39, 0.29) is 24.0 Å². The van der Waals surface area contributed by atoms with Crippen molar-refractivity contribution in [1.82, 2.24) is 10.6 Å². The number of carbonyl (C=O) groups is 1. The van der Waals surface area contributed by atoms with Gasteiger partial charge in [0, 0.05) is 12.5 Å². The van der Waals surface area contributed by atoms with Gasteiger partial charge >= 0.3 is 0 Å². The van der Waals surface area contributed by atoms with Crippen LogP contribution in [-0.4, -0.2) is 36.2 Å². The molecule has 4 heteroatoms. The van der Waals surface area contributed by atoms with Crippen molar-refractivity contribution in [3.05, 3.63) is 0 Å². The highest BCUT2D eigenvalue weighted by atomic mass is 16.3. The number of hydrogen-bond donors (Lipinski definition) is 3. The van der Waals surface area contributed by atoms with Crippen LogP contribution < -0.4 is 10.6 Å². The summed E-state index contributed by atoms with van der Waals surface area (Å²) < 4.78 is 0. The number of nitrogens with one attached hydrogen (secondary N) is 2. The van der Waals surface area contributed by atoms with Crippen molar-refractivity contribution >= 4 is 5.91 Å². The lowest BCUT2D eigenvalue weighted by atomic mass is 9.93. The number of amides is 1. The molecule has 0 bridgehead atoms. The van der Waals surface area contributed by atoms with E-state index in [0.29, 0.717) is 12.5 Å². The molecule has 2 aliphatic carbocycles. The summed E-state index contributed by atoms with van der Waals surface area (Å²) in [7, 11) is 0. The molecule has 3 N–H and O–H groups in total. The molecule has 2 saturated carbocycles. The molecule has 0 aromatic heterocycles. The molecule has 0 aromatic carbocycles. The average Bonchev–Trinajstić information content (AvgIpc) is 3.01. The van der Waals surface area contributed by atoms with Crippen molar-refractivity contribution < 1.29 is 9.90 Å². The van der Waals surface area contributed by atoms with E-state index in [4.69, 9.17) is 0 Å². The van der Waals surface area contributed by atoms with Crippen LogP contribution in [0.3, 0.4) is 0 Å². The van der Waals surface area contributed by atoms with Gasteiger partial charge in [-0.1, -0.05) is 12.8 Å². The van der Waals surface area contributed by atoms with E-state index >= 15 is 0 Å². The predicted molar refractivity (Wildman–Crippen MR) is 69.0 cm³/mol. The number of aliphatic hydroxyl groups excluding tert-OH is 1. The smallest absolute Gasteiger partial charge is 0.237 e. The molecule has 18 heavy (non-hydrogen) atoms.